The summed E-state index contributed by atoms with van der Waals surface area (Å²) in [5.41, 5.74) is 10.7. The van der Waals surface area contributed by atoms with Crippen LogP contribution in [0.25, 0.3) is 83.7 Å². The maximum Gasteiger partial charge on any atom is 0.129 e. The zero-order valence-electron chi connectivity index (χ0n) is 25.4. The van der Waals surface area contributed by atoms with E-state index in [0.717, 1.165) is 61.2 Å². The Kier molecular flexibility index (Phi) is 7.47. The van der Waals surface area contributed by atoms with Gasteiger partial charge in [0.1, 0.15) is 17.0 Å². The maximum atomic E-state index is 10.9. The van der Waals surface area contributed by atoms with Crippen LogP contribution in [0.15, 0.2) is 156 Å². The number of pyridine rings is 2. The molecule has 0 spiro atoms. The summed E-state index contributed by atoms with van der Waals surface area (Å²) >= 11 is 0. The molecule has 0 fully saturated rings. The number of nitrogens with zero attached hydrogens (tertiary/aromatic N) is 3. The van der Waals surface area contributed by atoms with Crippen molar-refractivity contribution in [2.45, 2.75) is 0 Å². The number of hydrogen-bond donors (Lipinski definition) is 1. The van der Waals surface area contributed by atoms with Crippen LogP contribution in [0.5, 0.6) is 5.75 Å². The molecule has 5 nitrogen and oxygen atoms in total. The van der Waals surface area contributed by atoms with Crippen molar-refractivity contribution in [3.8, 4) is 61.9 Å². The van der Waals surface area contributed by atoms with Gasteiger partial charge in [0.05, 0.1) is 11.3 Å². The molecule has 9 rings (SSSR count). The summed E-state index contributed by atoms with van der Waals surface area (Å²) in [7, 11) is 0. The van der Waals surface area contributed by atoms with Crippen LogP contribution >= 0.6 is 0 Å². The smallest absolute Gasteiger partial charge is 0.129 e. The molecule has 0 aliphatic heterocycles. The fraction of sp³-hybridized carbons (Fsp3) is 0. The molecule has 5 aromatic carbocycles. The number of furan rings is 1. The van der Waals surface area contributed by atoms with Gasteiger partial charge in [-0.3, -0.25) is 9.97 Å². The Morgan fingerprint density at radius 3 is 2.10 bits per heavy atom. The minimum absolute atomic E-state index is 0. The van der Waals surface area contributed by atoms with Gasteiger partial charge >= 0.3 is 0 Å². The fourth-order valence-electron chi connectivity index (χ4n) is 6.41. The molecule has 0 saturated heterocycles. The zero-order valence-corrected chi connectivity index (χ0v) is 27.7. The molecule has 0 aliphatic carbocycles. The minimum atomic E-state index is 0. The molecule has 4 heterocycles. The minimum Gasteiger partial charge on any atom is -0.507 e. The number of fused-ring (bicyclic) bond motifs is 4. The van der Waals surface area contributed by atoms with E-state index in [0.29, 0.717) is 22.5 Å². The van der Waals surface area contributed by atoms with E-state index in [1.54, 1.807) is 6.07 Å². The molecular weight excluding hydrogens is 774 g/mol. The summed E-state index contributed by atoms with van der Waals surface area (Å²) in [6.07, 6.45) is 2.05. The maximum absolute atomic E-state index is 10.9. The van der Waals surface area contributed by atoms with Gasteiger partial charge in [-0.15, -0.1) is 12.1 Å². The number of aromatic nitrogens is 3. The Labute approximate surface area is 291 Å². The molecule has 6 heteroatoms. The number of benzene rings is 5. The molecule has 0 aliphatic rings. The Balaban J connectivity index is 0.00000336. The molecule has 0 bridgehead atoms. The molecule has 4 aromatic heterocycles. The van der Waals surface area contributed by atoms with Gasteiger partial charge in [0, 0.05) is 55.3 Å². The third kappa shape index (κ3) is 5.00. The van der Waals surface area contributed by atoms with Crippen molar-refractivity contribution in [3.63, 3.8) is 0 Å². The second kappa shape index (κ2) is 12.1. The number of phenols is 1. The van der Waals surface area contributed by atoms with Crippen LogP contribution in [-0.2, 0) is 21.1 Å². The first kappa shape index (κ1) is 29.6. The molecule has 48 heavy (non-hydrogen) atoms. The molecule has 1 N–H and O–H groups in total. The van der Waals surface area contributed by atoms with Gasteiger partial charge < -0.3 is 13.9 Å². The number of hydrogen-bond acceptors (Lipinski definition) is 4. The molecule has 0 unspecified atom stereocenters. The number of aromatic hydroxyl groups is 1. The molecule has 0 amide bonds. The zero-order chi connectivity index (χ0) is 31.3. The van der Waals surface area contributed by atoms with Crippen LogP contribution in [0.3, 0.4) is 0 Å². The predicted molar refractivity (Wildman–Crippen MR) is 188 cm³/mol. The van der Waals surface area contributed by atoms with Gasteiger partial charge in [-0.1, -0.05) is 114 Å². The summed E-state index contributed by atoms with van der Waals surface area (Å²) in [6.45, 7) is 0. The van der Waals surface area contributed by atoms with Crippen molar-refractivity contribution in [1.29, 1.82) is 0 Å². The molecular formula is C42H26N3O2Pt-. The third-order valence-electron chi connectivity index (χ3n) is 8.61. The van der Waals surface area contributed by atoms with Crippen LogP contribution in [0.1, 0.15) is 0 Å². The quantitative estimate of drug-likeness (QED) is 0.176. The number of imidazole rings is 1. The van der Waals surface area contributed by atoms with Crippen LogP contribution in [0, 0.1) is 6.07 Å². The van der Waals surface area contributed by atoms with E-state index in [1.807, 2.05) is 103 Å². The van der Waals surface area contributed by atoms with Gasteiger partial charge in [0.15, 0.2) is 0 Å². The van der Waals surface area contributed by atoms with Crippen molar-refractivity contribution < 1.29 is 30.6 Å². The Morgan fingerprint density at radius 2 is 1.29 bits per heavy atom. The Morgan fingerprint density at radius 1 is 0.604 bits per heavy atom. The first-order chi connectivity index (χ1) is 23.2. The van der Waals surface area contributed by atoms with E-state index in [4.69, 9.17) is 14.4 Å². The average Bonchev–Trinajstić information content (AvgIpc) is 3.71. The third-order valence-corrected chi connectivity index (χ3v) is 8.61. The second-order valence-corrected chi connectivity index (χ2v) is 11.5. The predicted octanol–water partition coefficient (Wildman–Crippen LogP) is 10.5. The van der Waals surface area contributed by atoms with Crippen molar-refractivity contribution in [3.05, 3.63) is 158 Å². The second-order valence-electron chi connectivity index (χ2n) is 11.5. The van der Waals surface area contributed by atoms with E-state index in [1.165, 1.54) is 0 Å². The normalized spacial score (nSPS) is 11.2. The molecule has 0 radical (unpaired) electrons. The van der Waals surface area contributed by atoms with Crippen molar-refractivity contribution in [1.82, 2.24) is 14.4 Å². The van der Waals surface area contributed by atoms with Crippen molar-refractivity contribution in [2.75, 3.05) is 0 Å². The number of phenolic OH excluding ortho intramolecular Hbond substituents is 1. The molecule has 9 aromatic rings. The first-order valence-corrected chi connectivity index (χ1v) is 15.5. The van der Waals surface area contributed by atoms with Crippen LogP contribution in [0.2, 0.25) is 0 Å². The Hall–Kier alpha value is -5.77. The van der Waals surface area contributed by atoms with Gasteiger partial charge in [0.25, 0.3) is 0 Å². The van der Waals surface area contributed by atoms with E-state index in [2.05, 4.69) is 52.9 Å². The van der Waals surface area contributed by atoms with Gasteiger partial charge in [0.2, 0.25) is 0 Å². The van der Waals surface area contributed by atoms with E-state index >= 15 is 0 Å². The van der Waals surface area contributed by atoms with E-state index in [-0.39, 0.29) is 26.8 Å². The first-order valence-electron chi connectivity index (χ1n) is 15.5. The fourth-order valence-corrected chi connectivity index (χ4v) is 6.41. The van der Waals surface area contributed by atoms with Crippen molar-refractivity contribution in [2.24, 2.45) is 0 Å². The van der Waals surface area contributed by atoms with Crippen LogP contribution < -0.4 is 0 Å². The topological polar surface area (TPSA) is 63.6 Å². The Bertz CT molecular complexity index is 2590. The van der Waals surface area contributed by atoms with Gasteiger partial charge in [-0.25, -0.2) is 0 Å². The van der Waals surface area contributed by atoms with Crippen LogP contribution in [0.4, 0.5) is 0 Å². The SMILES string of the molecule is Oc1ccccc1-c1cc(-c2ccccc2)cc(-c2[c-]c(-c3nc4ccccn4c3-c3ccccc3)cc3c2oc2ccccc23)n1.[Pt]. The van der Waals surface area contributed by atoms with E-state index < -0.39 is 0 Å². The van der Waals surface area contributed by atoms with Gasteiger partial charge in [-0.05, 0) is 58.5 Å². The average molecular weight is 800 g/mol. The van der Waals surface area contributed by atoms with Crippen LogP contribution in [-0.4, -0.2) is 19.5 Å². The molecule has 232 valence electrons. The number of rotatable bonds is 5. The summed E-state index contributed by atoms with van der Waals surface area (Å²) < 4.78 is 8.70. The monoisotopic (exact) mass is 799 g/mol. The number of para-hydroxylation sites is 2. The molecule has 0 atom stereocenters. The van der Waals surface area contributed by atoms with Gasteiger partial charge in [-0.2, -0.15) is 0 Å². The summed E-state index contributed by atoms with van der Waals surface area (Å²) in [6, 6.07) is 51.9. The summed E-state index contributed by atoms with van der Waals surface area (Å²) in [5, 5.41) is 12.8. The summed E-state index contributed by atoms with van der Waals surface area (Å²) in [5.74, 6) is 0.167. The standard InChI is InChI=1S/C42H26N3O2.Pt/c46-37-19-9-7-18-32(37)35-25-29(27-13-3-1-4-14-27)26-36(43-35)34-24-30(23-33-31-17-8-10-20-38(31)47-42(33)34)40-41(28-15-5-2-6-16-28)45-22-12-11-21-39(45)44-40;/h1-23,25-26,46H;/q-1;. The summed E-state index contributed by atoms with van der Waals surface area (Å²) in [4.78, 5) is 10.3. The van der Waals surface area contributed by atoms with E-state index in [9.17, 15) is 5.11 Å². The van der Waals surface area contributed by atoms with Crippen molar-refractivity contribution >= 4 is 27.6 Å². The molecule has 0 saturated carbocycles. The largest absolute Gasteiger partial charge is 0.507 e.